The third-order valence-corrected chi connectivity index (χ3v) is 9.92. The second-order valence-corrected chi connectivity index (χ2v) is 14.3. The molecule has 0 bridgehead atoms. The average molecular weight is 783 g/mol. The Labute approximate surface area is 303 Å². The van der Waals surface area contributed by atoms with E-state index >= 15 is 0 Å². The molecule has 8 N–H and O–H groups in total. The number of fused-ring (bicyclic) bond motifs is 2. The van der Waals surface area contributed by atoms with Crippen LogP contribution in [0.15, 0.2) is 115 Å². The van der Waals surface area contributed by atoms with E-state index in [4.69, 9.17) is 11.5 Å². The number of rotatable bonds is 8. The van der Waals surface area contributed by atoms with Crippen LogP contribution in [0.4, 0.5) is 47.3 Å². The highest BCUT2D eigenvalue weighted by molar-refractivity contribution is 7.86. The molecule has 0 aliphatic carbocycles. The van der Waals surface area contributed by atoms with Crippen molar-refractivity contribution >= 4 is 75.9 Å². The van der Waals surface area contributed by atoms with Crippen molar-refractivity contribution < 1.29 is 54.1 Å². The maximum absolute atomic E-state index is 13.5. The van der Waals surface area contributed by atoms with Gasteiger partial charge in [0, 0.05) is 21.5 Å². The van der Waals surface area contributed by atoms with Crippen molar-refractivity contribution in [3.8, 4) is 28.4 Å². The van der Waals surface area contributed by atoms with E-state index in [0.29, 0.717) is 11.1 Å². The van der Waals surface area contributed by atoms with Crippen LogP contribution in [0.2, 0.25) is 0 Å². The number of hydrogen-bond donors (Lipinski definition) is 6. The molecule has 0 aromatic heterocycles. The minimum Gasteiger partial charge on any atom is -0.504 e. The number of phenols is 2. The number of azo groups is 2. The summed E-state index contributed by atoms with van der Waals surface area (Å²) in [4.78, 5) is -1.74. The van der Waals surface area contributed by atoms with Gasteiger partial charge < -0.3 is 26.4 Å². The number of hydrogen-bond acceptors (Lipinski definition) is 13. The van der Waals surface area contributed by atoms with Gasteiger partial charge in [0.05, 0.1) is 17.1 Å². The zero-order chi connectivity index (χ0) is 39.3. The van der Waals surface area contributed by atoms with Gasteiger partial charge in [-0.3, -0.25) is 9.11 Å². The molecule has 278 valence electrons. The molecule has 6 aromatic rings. The van der Waals surface area contributed by atoms with Crippen molar-refractivity contribution in [3.05, 3.63) is 90.5 Å². The molecule has 0 aliphatic rings. The first-order valence-electron chi connectivity index (χ1n) is 15.1. The van der Waals surface area contributed by atoms with Crippen molar-refractivity contribution in [2.45, 2.75) is 23.1 Å². The number of halogens is 3. The van der Waals surface area contributed by atoms with Crippen LogP contribution < -0.4 is 16.2 Å². The first kappa shape index (κ1) is 37.4. The lowest BCUT2D eigenvalue weighted by molar-refractivity contribution is -0.274. The molecule has 20 heteroatoms. The largest absolute Gasteiger partial charge is 0.573 e. The SMILES string of the molecule is Cc1cc(-c2ccc(N=Nc3c(O)c(S(=O)(=O)O)c4ccccc4c3N)c(OC(F)(F)F)c2)ccc1N=Nc1c(O)c(S(=O)(=O)O)c2ccccc2c1N. The predicted molar refractivity (Wildman–Crippen MR) is 191 cm³/mol. The van der Waals surface area contributed by atoms with Gasteiger partial charge in [-0.1, -0.05) is 60.7 Å². The zero-order valence-electron chi connectivity index (χ0n) is 27.3. The maximum atomic E-state index is 13.5. The van der Waals surface area contributed by atoms with Crippen molar-refractivity contribution in [2.24, 2.45) is 20.5 Å². The lowest BCUT2D eigenvalue weighted by Crippen LogP contribution is -2.17. The lowest BCUT2D eigenvalue weighted by atomic mass is 10.0. The number of benzene rings is 6. The fourth-order valence-corrected chi connectivity index (χ4v) is 7.27. The third kappa shape index (κ3) is 7.17. The quantitative estimate of drug-likeness (QED) is 0.0483. The number of alkyl halides is 3. The van der Waals surface area contributed by atoms with Gasteiger partial charge >= 0.3 is 6.36 Å². The summed E-state index contributed by atoms with van der Waals surface area (Å²) in [6.45, 7) is 1.59. The number of nitrogens with two attached hydrogens (primary N) is 2. The first-order valence-corrected chi connectivity index (χ1v) is 18.0. The molecule has 54 heavy (non-hydrogen) atoms. The summed E-state index contributed by atoms with van der Waals surface area (Å²) >= 11 is 0. The number of aromatic hydroxyl groups is 2. The Morgan fingerprint density at radius 3 is 1.44 bits per heavy atom. The van der Waals surface area contributed by atoms with E-state index in [1.165, 1.54) is 66.7 Å². The molecule has 0 aliphatic heterocycles. The number of nitrogens with zero attached hydrogens (tertiary/aromatic N) is 4. The summed E-state index contributed by atoms with van der Waals surface area (Å²) < 4.78 is 113. The zero-order valence-corrected chi connectivity index (χ0v) is 28.9. The lowest BCUT2D eigenvalue weighted by Gasteiger charge is -2.14. The van der Waals surface area contributed by atoms with E-state index < -0.39 is 70.7 Å². The fraction of sp³-hybridized carbons (Fsp3) is 0.0588. The summed E-state index contributed by atoms with van der Waals surface area (Å²) in [5.74, 6) is -2.85. The summed E-state index contributed by atoms with van der Waals surface area (Å²) in [5, 5.41) is 37.1. The van der Waals surface area contributed by atoms with Crippen molar-refractivity contribution in [1.82, 2.24) is 0 Å². The van der Waals surface area contributed by atoms with Gasteiger partial charge in [-0.15, -0.1) is 28.5 Å². The summed E-state index contributed by atoms with van der Waals surface area (Å²) in [7, 11) is -9.97. The molecule has 0 amide bonds. The van der Waals surface area contributed by atoms with Gasteiger partial charge in [-0.2, -0.15) is 21.9 Å². The molecule has 6 aromatic carbocycles. The summed E-state index contributed by atoms with van der Waals surface area (Å²) in [6.07, 6.45) is -5.20. The van der Waals surface area contributed by atoms with Gasteiger partial charge in [0.25, 0.3) is 20.2 Å². The van der Waals surface area contributed by atoms with Gasteiger partial charge in [0.2, 0.25) is 0 Å². The molecule has 0 spiro atoms. The Morgan fingerprint density at radius 1 is 0.611 bits per heavy atom. The fourth-order valence-electron chi connectivity index (χ4n) is 5.67. The number of aryl methyl sites for hydroxylation is 1. The van der Waals surface area contributed by atoms with E-state index in [-0.39, 0.29) is 44.2 Å². The topological polar surface area (TPSA) is 260 Å². The highest BCUT2D eigenvalue weighted by Gasteiger charge is 2.33. The van der Waals surface area contributed by atoms with E-state index in [0.717, 1.165) is 12.1 Å². The van der Waals surface area contributed by atoms with E-state index in [1.54, 1.807) is 13.0 Å². The van der Waals surface area contributed by atoms with Crippen LogP contribution in [0.5, 0.6) is 17.2 Å². The second kappa shape index (κ2) is 13.6. The summed E-state index contributed by atoms with van der Waals surface area (Å²) in [6, 6.07) is 19.3. The van der Waals surface area contributed by atoms with Crippen LogP contribution in [0.1, 0.15) is 5.56 Å². The molecular formula is C34H25F3N6O9S2. The van der Waals surface area contributed by atoms with Crippen molar-refractivity contribution in [3.63, 3.8) is 0 Å². The van der Waals surface area contributed by atoms with Crippen LogP contribution in [-0.2, 0) is 20.2 Å². The summed E-state index contributed by atoms with van der Waals surface area (Å²) in [5.41, 5.74) is 11.5. The van der Waals surface area contributed by atoms with Crippen LogP contribution in [0.25, 0.3) is 32.7 Å². The standard InChI is InChI=1S/C34H25F3N6O9S2/c1-16-14-17(10-12-23(16)40-42-28-26(38)19-6-2-4-8-21(19)32(30(28)44)53(46,47)48)18-11-13-24(25(15-18)52-34(35,36)37)41-43-29-27(39)20-7-3-5-9-22(20)33(31(29)45)54(49,50)51/h2-15,44-45H,38-39H2,1H3,(H,46,47,48)(H,49,50,51). The highest BCUT2D eigenvalue weighted by Crippen LogP contribution is 2.48. The number of nitrogen functional groups attached to an aromatic ring is 2. The maximum Gasteiger partial charge on any atom is 0.573 e. The Kier molecular flexibility index (Phi) is 9.40. The Morgan fingerprint density at radius 2 is 1.02 bits per heavy atom. The molecule has 0 radical (unpaired) electrons. The smallest absolute Gasteiger partial charge is 0.504 e. The van der Waals surface area contributed by atoms with Gasteiger partial charge in [0.15, 0.2) is 28.6 Å². The van der Waals surface area contributed by atoms with Gasteiger partial charge in [-0.05, 0) is 47.9 Å². The average Bonchev–Trinajstić information content (AvgIpc) is 3.07. The van der Waals surface area contributed by atoms with E-state index in [2.05, 4.69) is 25.2 Å². The monoisotopic (exact) mass is 782 g/mol. The predicted octanol–water partition coefficient (Wildman–Crippen LogP) is 8.77. The molecule has 6 rings (SSSR count). The number of ether oxygens (including phenoxy) is 1. The van der Waals surface area contributed by atoms with Crippen LogP contribution in [0.3, 0.4) is 0 Å². The van der Waals surface area contributed by atoms with Crippen LogP contribution >= 0.6 is 0 Å². The molecule has 0 heterocycles. The molecule has 0 unspecified atom stereocenters. The van der Waals surface area contributed by atoms with Crippen molar-refractivity contribution in [1.29, 1.82) is 0 Å². The van der Waals surface area contributed by atoms with E-state index in [1.807, 2.05) is 0 Å². The minimum absolute atomic E-state index is 0.0434. The Bertz CT molecular complexity index is 2810. The van der Waals surface area contributed by atoms with E-state index in [9.17, 15) is 49.3 Å². The minimum atomic E-state index is -5.20. The molecular weight excluding hydrogens is 758 g/mol. The van der Waals surface area contributed by atoms with Crippen LogP contribution in [0, 0.1) is 6.92 Å². The number of phenolic OH excluding ortho intramolecular Hbond substituents is 2. The molecule has 0 atom stereocenters. The van der Waals surface area contributed by atoms with Gasteiger partial charge in [-0.25, -0.2) is 0 Å². The van der Waals surface area contributed by atoms with Crippen molar-refractivity contribution in [2.75, 3.05) is 11.5 Å². The first-order chi connectivity index (χ1) is 25.3. The van der Waals surface area contributed by atoms with Gasteiger partial charge in [0.1, 0.15) is 15.5 Å². The third-order valence-electron chi connectivity index (χ3n) is 8.06. The normalized spacial score (nSPS) is 12.7. The molecule has 0 fully saturated rings. The molecule has 0 saturated heterocycles. The highest BCUT2D eigenvalue weighted by atomic mass is 32.2. The molecule has 15 nitrogen and oxygen atoms in total. The molecule has 0 saturated carbocycles. The Balaban J connectivity index is 1.38. The Hall–Kier alpha value is -6.35. The van der Waals surface area contributed by atoms with Crippen LogP contribution in [-0.4, -0.2) is 42.5 Å². The number of anilines is 2. The second-order valence-electron chi connectivity index (χ2n) is 11.6.